The molecule has 0 aromatic rings. The van der Waals surface area contributed by atoms with E-state index in [4.69, 9.17) is 10.9 Å². The third kappa shape index (κ3) is 3.89. The maximum absolute atomic E-state index is 12.4. The summed E-state index contributed by atoms with van der Waals surface area (Å²) in [6.07, 6.45) is 8.60. The molecule has 2 saturated carbocycles. The summed E-state index contributed by atoms with van der Waals surface area (Å²) in [5.41, 5.74) is 5.13. The SMILES string of the molecule is CC(C)(CNC(=O)C1CCC2CCCCC2C1)C(N)=NO. The van der Waals surface area contributed by atoms with Gasteiger partial charge in [-0.25, -0.2) is 0 Å². The average molecular weight is 295 g/mol. The Kier molecular flexibility index (Phi) is 5.12. The Morgan fingerprint density at radius 2 is 1.90 bits per heavy atom. The number of carbonyl (C=O) groups is 1. The number of carbonyl (C=O) groups excluding carboxylic acids is 1. The van der Waals surface area contributed by atoms with Gasteiger partial charge in [0.05, 0.1) is 0 Å². The van der Waals surface area contributed by atoms with Crippen molar-refractivity contribution in [2.75, 3.05) is 6.54 Å². The molecule has 0 saturated heterocycles. The first kappa shape index (κ1) is 16.1. The van der Waals surface area contributed by atoms with Gasteiger partial charge in [-0.05, 0) is 31.1 Å². The van der Waals surface area contributed by atoms with Gasteiger partial charge in [0, 0.05) is 17.9 Å². The van der Waals surface area contributed by atoms with Gasteiger partial charge < -0.3 is 16.3 Å². The second-order valence-electron chi connectivity index (χ2n) is 7.40. The fourth-order valence-electron chi connectivity index (χ4n) is 3.79. The average Bonchev–Trinajstić information content (AvgIpc) is 2.51. The molecule has 5 heteroatoms. The van der Waals surface area contributed by atoms with E-state index < -0.39 is 5.41 Å². The van der Waals surface area contributed by atoms with Crippen LogP contribution in [0.1, 0.15) is 58.8 Å². The van der Waals surface area contributed by atoms with Crippen LogP contribution in [0.3, 0.4) is 0 Å². The van der Waals surface area contributed by atoms with Gasteiger partial charge in [0.1, 0.15) is 5.84 Å². The maximum atomic E-state index is 12.4. The van der Waals surface area contributed by atoms with Gasteiger partial charge in [-0.15, -0.1) is 0 Å². The maximum Gasteiger partial charge on any atom is 0.223 e. The minimum absolute atomic E-state index is 0.137. The normalized spacial score (nSPS) is 30.6. The summed E-state index contributed by atoms with van der Waals surface area (Å²) in [6, 6.07) is 0. The third-order valence-electron chi connectivity index (χ3n) is 5.42. The Labute approximate surface area is 127 Å². The highest BCUT2D eigenvalue weighted by Gasteiger charge is 2.35. The number of nitrogens with one attached hydrogen (secondary N) is 1. The van der Waals surface area contributed by atoms with E-state index in [2.05, 4.69) is 10.5 Å². The quantitative estimate of drug-likeness (QED) is 0.322. The lowest BCUT2D eigenvalue weighted by Gasteiger charge is -2.39. The van der Waals surface area contributed by atoms with Gasteiger partial charge >= 0.3 is 0 Å². The Bertz CT molecular complexity index is 406. The van der Waals surface area contributed by atoms with Gasteiger partial charge in [-0.3, -0.25) is 4.79 Å². The lowest BCUT2D eigenvalue weighted by Crippen LogP contribution is -2.45. The van der Waals surface area contributed by atoms with Crippen molar-refractivity contribution in [3.8, 4) is 0 Å². The van der Waals surface area contributed by atoms with Crippen molar-refractivity contribution in [1.29, 1.82) is 0 Å². The molecular weight excluding hydrogens is 266 g/mol. The van der Waals surface area contributed by atoms with E-state index in [0.717, 1.165) is 24.7 Å². The number of fused-ring (bicyclic) bond motifs is 1. The molecule has 2 aliphatic rings. The molecule has 2 rings (SSSR count). The summed E-state index contributed by atoms with van der Waals surface area (Å²) in [6.45, 7) is 4.13. The summed E-state index contributed by atoms with van der Waals surface area (Å²) in [5, 5.41) is 14.8. The van der Waals surface area contributed by atoms with Crippen LogP contribution in [0, 0.1) is 23.2 Å². The van der Waals surface area contributed by atoms with E-state index >= 15 is 0 Å². The first-order chi connectivity index (χ1) is 9.94. The highest BCUT2D eigenvalue weighted by molar-refractivity contribution is 5.86. The molecule has 4 N–H and O–H groups in total. The first-order valence-electron chi connectivity index (χ1n) is 8.20. The van der Waals surface area contributed by atoms with E-state index in [9.17, 15) is 4.79 Å². The second-order valence-corrected chi connectivity index (χ2v) is 7.40. The molecule has 0 radical (unpaired) electrons. The van der Waals surface area contributed by atoms with Crippen molar-refractivity contribution < 1.29 is 10.0 Å². The van der Waals surface area contributed by atoms with Crippen molar-refractivity contribution in [2.45, 2.75) is 58.8 Å². The number of hydrogen-bond donors (Lipinski definition) is 3. The minimum Gasteiger partial charge on any atom is -0.409 e. The van der Waals surface area contributed by atoms with Gasteiger partial charge in [0.25, 0.3) is 0 Å². The zero-order valence-corrected chi connectivity index (χ0v) is 13.3. The number of rotatable bonds is 4. The fraction of sp³-hybridized carbons (Fsp3) is 0.875. The molecule has 1 amide bonds. The molecule has 0 aromatic carbocycles. The predicted octanol–water partition coefficient (Wildman–Crippen LogP) is 2.48. The highest BCUT2D eigenvalue weighted by Crippen LogP contribution is 2.42. The zero-order valence-electron chi connectivity index (χ0n) is 13.3. The molecule has 0 aliphatic heterocycles. The van der Waals surface area contributed by atoms with E-state index in [0.29, 0.717) is 6.54 Å². The molecule has 21 heavy (non-hydrogen) atoms. The van der Waals surface area contributed by atoms with Crippen LogP contribution >= 0.6 is 0 Å². The van der Waals surface area contributed by atoms with Gasteiger partial charge in [0.2, 0.25) is 5.91 Å². The van der Waals surface area contributed by atoms with Gasteiger partial charge in [0.15, 0.2) is 0 Å². The van der Waals surface area contributed by atoms with Gasteiger partial charge in [-0.1, -0.05) is 44.7 Å². The van der Waals surface area contributed by atoms with E-state index in [1.807, 2.05) is 13.8 Å². The van der Waals surface area contributed by atoms with E-state index in [1.165, 1.54) is 32.1 Å². The van der Waals surface area contributed by atoms with Crippen LogP contribution in [0.4, 0.5) is 0 Å². The van der Waals surface area contributed by atoms with Crippen molar-refractivity contribution in [3.05, 3.63) is 0 Å². The Morgan fingerprint density at radius 1 is 1.24 bits per heavy atom. The molecular formula is C16H29N3O2. The lowest BCUT2D eigenvalue weighted by molar-refractivity contribution is -0.127. The van der Waals surface area contributed by atoms with Crippen LogP contribution in [-0.2, 0) is 4.79 Å². The third-order valence-corrected chi connectivity index (χ3v) is 5.42. The number of oxime groups is 1. The van der Waals surface area contributed by atoms with Crippen molar-refractivity contribution in [2.24, 2.45) is 34.1 Å². The number of nitrogens with two attached hydrogens (primary N) is 1. The number of nitrogens with zero attached hydrogens (tertiary/aromatic N) is 1. The smallest absolute Gasteiger partial charge is 0.223 e. The van der Waals surface area contributed by atoms with Crippen LogP contribution in [0.2, 0.25) is 0 Å². The predicted molar refractivity (Wildman–Crippen MR) is 83.0 cm³/mol. The minimum atomic E-state index is -0.521. The van der Waals surface area contributed by atoms with Gasteiger partial charge in [-0.2, -0.15) is 0 Å². The Hall–Kier alpha value is -1.26. The second kappa shape index (κ2) is 6.67. The highest BCUT2D eigenvalue weighted by atomic mass is 16.4. The van der Waals surface area contributed by atoms with E-state index in [1.54, 1.807) is 0 Å². The van der Waals surface area contributed by atoms with Crippen LogP contribution in [-0.4, -0.2) is 23.5 Å². The Morgan fingerprint density at radius 3 is 2.57 bits per heavy atom. The summed E-state index contributed by atoms with van der Waals surface area (Å²) >= 11 is 0. The topological polar surface area (TPSA) is 87.7 Å². The standard InChI is InChI=1S/C16H29N3O2/c1-16(2,15(17)19-21)10-18-14(20)13-8-7-11-5-3-4-6-12(11)9-13/h11-13,21H,3-10H2,1-2H3,(H2,17,19)(H,18,20). The van der Waals surface area contributed by atoms with Crippen LogP contribution < -0.4 is 11.1 Å². The molecule has 3 atom stereocenters. The largest absolute Gasteiger partial charge is 0.409 e. The van der Waals surface area contributed by atoms with Crippen molar-refractivity contribution in [3.63, 3.8) is 0 Å². The van der Waals surface area contributed by atoms with Crippen LogP contribution in [0.25, 0.3) is 0 Å². The molecule has 0 heterocycles. The Balaban J connectivity index is 1.84. The summed E-state index contributed by atoms with van der Waals surface area (Å²) in [4.78, 5) is 12.4. The molecule has 2 aliphatic carbocycles. The molecule has 0 aromatic heterocycles. The summed E-state index contributed by atoms with van der Waals surface area (Å²) in [5.74, 6) is 2.04. The molecule has 3 unspecified atom stereocenters. The van der Waals surface area contributed by atoms with Crippen molar-refractivity contribution in [1.82, 2.24) is 5.32 Å². The zero-order chi connectivity index (χ0) is 15.5. The first-order valence-corrected chi connectivity index (χ1v) is 8.20. The molecule has 0 spiro atoms. The number of amides is 1. The fourth-order valence-corrected chi connectivity index (χ4v) is 3.79. The van der Waals surface area contributed by atoms with E-state index in [-0.39, 0.29) is 17.7 Å². The van der Waals surface area contributed by atoms with Crippen LogP contribution in [0.15, 0.2) is 5.16 Å². The molecule has 2 fully saturated rings. The lowest BCUT2D eigenvalue weighted by atomic mass is 9.67. The molecule has 0 bridgehead atoms. The summed E-state index contributed by atoms with van der Waals surface area (Å²) < 4.78 is 0. The monoisotopic (exact) mass is 295 g/mol. The number of amidine groups is 1. The molecule has 120 valence electrons. The molecule has 5 nitrogen and oxygen atoms in total. The number of hydrogen-bond acceptors (Lipinski definition) is 3. The summed E-state index contributed by atoms with van der Waals surface area (Å²) in [7, 11) is 0. The van der Waals surface area contributed by atoms with Crippen LogP contribution in [0.5, 0.6) is 0 Å². The van der Waals surface area contributed by atoms with Crippen molar-refractivity contribution >= 4 is 11.7 Å².